The van der Waals surface area contributed by atoms with Crippen LogP contribution in [-0.4, -0.2) is 5.71 Å². The summed E-state index contributed by atoms with van der Waals surface area (Å²) in [7, 11) is 0. The molecule has 0 aliphatic carbocycles. The Morgan fingerprint density at radius 2 is 1.07 bits per heavy atom. The van der Waals surface area contributed by atoms with Crippen molar-refractivity contribution in [3.63, 3.8) is 0 Å². The Hall–Kier alpha value is -3.16. The first-order chi connectivity index (χ1) is 13.2. The highest BCUT2D eigenvalue weighted by atomic mass is 35.5. The van der Waals surface area contributed by atoms with E-state index in [1.165, 1.54) is 0 Å². The zero-order valence-corrected chi connectivity index (χ0v) is 15.4. The van der Waals surface area contributed by atoms with E-state index in [2.05, 4.69) is 18.2 Å². The Balaban J connectivity index is 1.87. The van der Waals surface area contributed by atoms with Gasteiger partial charge in [0.1, 0.15) is 0 Å². The molecule has 0 heterocycles. The van der Waals surface area contributed by atoms with Crippen molar-refractivity contribution in [2.75, 3.05) is 0 Å². The van der Waals surface area contributed by atoms with E-state index in [0.29, 0.717) is 10.7 Å². The maximum Gasteiger partial charge on any atom is 0.0697 e. The molecule has 0 unspecified atom stereocenters. The molecule has 0 saturated carbocycles. The van der Waals surface area contributed by atoms with Crippen molar-refractivity contribution >= 4 is 17.3 Å². The summed E-state index contributed by atoms with van der Waals surface area (Å²) in [5.74, 6) is 0. The van der Waals surface area contributed by atoms with Crippen molar-refractivity contribution in [3.05, 3.63) is 119 Å². The molecule has 4 aromatic rings. The SMILES string of the molecule is N=C(c1ccccc1-c1ccccc1)c1ccc(Cl)cc1-c1ccccc1. The van der Waals surface area contributed by atoms with Gasteiger partial charge in [0.2, 0.25) is 0 Å². The Kier molecular flexibility index (Phi) is 4.86. The normalized spacial score (nSPS) is 10.6. The molecule has 27 heavy (non-hydrogen) atoms. The van der Waals surface area contributed by atoms with Gasteiger partial charge in [0.15, 0.2) is 0 Å². The summed E-state index contributed by atoms with van der Waals surface area (Å²) in [4.78, 5) is 0. The van der Waals surface area contributed by atoms with Crippen molar-refractivity contribution in [3.8, 4) is 22.3 Å². The molecule has 2 heteroatoms. The lowest BCUT2D eigenvalue weighted by Gasteiger charge is -2.15. The smallest absolute Gasteiger partial charge is 0.0697 e. The summed E-state index contributed by atoms with van der Waals surface area (Å²) in [6.45, 7) is 0. The van der Waals surface area contributed by atoms with Crippen LogP contribution in [0, 0.1) is 5.41 Å². The lowest BCUT2D eigenvalue weighted by molar-refractivity contribution is 1.45. The van der Waals surface area contributed by atoms with Crippen LogP contribution in [0.15, 0.2) is 103 Å². The zero-order valence-electron chi connectivity index (χ0n) is 14.7. The second-order valence-corrected chi connectivity index (χ2v) is 6.78. The molecule has 0 atom stereocenters. The van der Waals surface area contributed by atoms with Crippen molar-refractivity contribution in [2.45, 2.75) is 0 Å². The van der Waals surface area contributed by atoms with Gasteiger partial charge in [0.05, 0.1) is 5.71 Å². The molecule has 0 amide bonds. The third-order valence-electron chi connectivity index (χ3n) is 4.62. The first-order valence-electron chi connectivity index (χ1n) is 8.83. The largest absolute Gasteiger partial charge is 0.300 e. The van der Waals surface area contributed by atoms with Crippen LogP contribution >= 0.6 is 11.6 Å². The standard InChI is InChI=1S/C25H18ClN/c26-20-15-16-23(24(17-20)19-11-5-2-6-12-19)25(27)22-14-8-7-13-21(22)18-9-3-1-4-10-18/h1-17,27H. The number of halogens is 1. The van der Waals surface area contributed by atoms with Crippen LogP contribution in [0.2, 0.25) is 5.02 Å². The van der Waals surface area contributed by atoms with E-state index < -0.39 is 0 Å². The third-order valence-corrected chi connectivity index (χ3v) is 4.85. The van der Waals surface area contributed by atoms with Gasteiger partial charge in [-0.3, -0.25) is 5.41 Å². The molecule has 4 aromatic carbocycles. The topological polar surface area (TPSA) is 23.9 Å². The van der Waals surface area contributed by atoms with Crippen LogP contribution in [0.3, 0.4) is 0 Å². The number of benzene rings is 4. The summed E-state index contributed by atoms with van der Waals surface area (Å²) >= 11 is 6.27. The number of hydrogen-bond acceptors (Lipinski definition) is 1. The van der Waals surface area contributed by atoms with E-state index in [1.54, 1.807) is 0 Å². The van der Waals surface area contributed by atoms with Gasteiger partial charge >= 0.3 is 0 Å². The van der Waals surface area contributed by atoms with E-state index in [9.17, 15) is 0 Å². The fourth-order valence-electron chi connectivity index (χ4n) is 3.31. The molecule has 0 saturated heterocycles. The fraction of sp³-hybridized carbons (Fsp3) is 0. The Bertz CT molecular complexity index is 1090. The van der Waals surface area contributed by atoms with E-state index in [0.717, 1.165) is 33.4 Å². The van der Waals surface area contributed by atoms with Crippen molar-refractivity contribution < 1.29 is 0 Å². The Labute approximate surface area is 164 Å². The lowest BCUT2D eigenvalue weighted by Crippen LogP contribution is -2.05. The van der Waals surface area contributed by atoms with E-state index in [-0.39, 0.29) is 0 Å². The van der Waals surface area contributed by atoms with Crippen molar-refractivity contribution in [1.82, 2.24) is 0 Å². The van der Waals surface area contributed by atoms with Gasteiger partial charge < -0.3 is 0 Å². The van der Waals surface area contributed by atoms with Gasteiger partial charge in [0.25, 0.3) is 0 Å². The molecular formula is C25H18ClN. The van der Waals surface area contributed by atoms with Crippen LogP contribution in [0.1, 0.15) is 11.1 Å². The molecule has 4 rings (SSSR count). The molecule has 130 valence electrons. The maximum absolute atomic E-state index is 8.98. The molecule has 0 bridgehead atoms. The quantitative estimate of drug-likeness (QED) is 0.372. The van der Waals surface area contributed by atoms with E-state index in [4.69, 9.17) is 17.0 Å². The van der Waals surface area contributed by atoms with Gasteiger partial charge in [-0.15, -0.1) is 0 Å². The highest BCUT2D eigenvalue weighted by Crippen LogP contribution is 2.31. The molecule has 0 aliphatic heterocycles. The van der Waals surface area contributed by atoms with E-state index in [1.807, 2.05) is 84.9 Å². The predicted octanol–water partition coefficient (Wildman–Crippen LogP) is 7.09. The lowest BCUT2D eigenvalue weighted by atomic mass is 9.89. The van der Waals surface area contributed by atoms with Gasteiger partial charge in [0, 0.05) is 16.1 Å². The first-order valence-corrected chi connectivity index (χ1v) is 9.20. The number of nitrogens with one attached hydrogen (secondary N) is 1. The Morgan fingerprint density at radius 3 is 1.74 bits per heavy atom. The second-order valence-electron chi connectivity index (χ2n) is 6.34. The first kappa shape index (κ1) is 17.3. The van der Waals surface area contributed by atoms with Gasteiger partial charge in [-0.25, -0.2) is 0 Å². The highest BCUT2D eigenvalue weighted by Gasteiger charge is 2.15. The summed E-state index contributed by atoms with van der Waals surface area (Å²) in [6.07, 6.45) is 0. The van der Waals surface area contributed by atoms with Gasteiger partial charge in [-0.1, -0.05) is 103 Å². The minimum Gasteiger partial charge on any atom is -0.300 e. The monoisotopic (exact) mass is 367 g/mol. The molecule has 1 N–H and O–H groups in total. The average molecular weight is 368 g/mol. The predicted molar refractivity (Wildman–Crippen MR) is 115 cm³/mol. The zero-order chi connectivity index (χ0) is 18.6. The minimum absolute atomic E-state index is 0.491. The fourth-order valence-corrected chi connectivity index (χ4v) is 3.48. The molecule has 1 nitrogen and oxygen atoms in total. The molecule has 0 radical (unpaired) electrons. The molecule has 0 spiro atoms. The minimum atomic E-state index is 0.491. The van der Waals surface area contributed by atoms with Gasteiger partial charge in [-0.2, -0.15) is 0 Å². The average Bonchev–Trinajstić information content (AvgIpc) is 2.74. The maximum atomic E-state index is 8.98. The molecule has 0 aromatic heterocycles. The van der Waals surface area contributed by atoms with Crippen LogP contribution in [0.4, 0.5) is 0 Å². The molecule has 0 aliphatic rings. The number of hydrogen-bond donors (Lipinski definition) is 1. The summed E-state index contributed by atoms with van der Waals surface area (Å²) < 4.78 is 0. The van der Waals surface area contributed by atoms with Crippen molar-refractivity contribution in [1.29, 1.82) is 5.41 Å². The van der Waals surface area contributed by atoms with Crippen LogP contribution in [0.25, 0.3) is 22.3 Å². The van der Waals surface area contributed by atoms with Crippen LogP contribution < -0.4 is 0 Å². The summed E-state index contributed by atoms with van der Waals surface area (Å²) in [5, 5.41) is 9.65. The van der Waals surface area contributed by atoms with Crippen molar-refractivity contribution in [2.24, 2.45) is 0 Å². The summed E-state index contributed by atoms with van der Waals surface area (Å²) in [5.41, 5.74) is 6.44. The number of rotatable bonds is 4. The highest BCUT2D eigenvalue weighted by molar-refractivity contribution is 6.31. The van der Waals surface area contributed by atoms with Gasteiger partial charge in [-0.05, 0) is 34.4 Å². The molecular weight excluding hydrogens is 350 g/mol. The van der Waals surface area contributed by atoms with Crippen LogP contribution in [0.5, 0.6) is 0 Å². The van der Waals surface area contributed by atoms with Crippen LogP contribution in [-0.2, 0) is 0 Å². The third kappa shape index (κ3) is 3.55. The Morgan fingerprint density at radius 1 is 0.556 bits per heavy atom. The molecule has 0 fully saturated rings. The van der Waals surface area contributed by atoms with E-state index >= 15 is 0 Å². The second kappa shape index (κ2) is 7.61. The summed E-state index contributed by atoms with van der Waals surface area (Å²) in [6, 6.07) is 34.1.